The molecule has 0 saturated carbocycles. The lowest BCUT2D eigenvalue weighted by molar-refractivity contribution is -0.143. The average Bonchev–Trinajstić information content (AvgIpc) is 2.47. The van der Waals surface area contributed by atoms with Gasteiger partial charge in [-0.15, -0.1) is 0 Å². The molecule has 0 aromatic rings. The Morgan fingerprint density at radius 3 is 2.26 bits per heavy atom. The minimum atomic E-state index is -0.369. The Bertz CT molecular complexity index is 323. The van der Waals surface area contributed by atoms with Gasteiger partial charge in [0.05, 0.1) is 13.2 Å². The van der Waals surface area contributed by atoms with Gasteiger partial charge in [0, 0.05) is 13.0 Å². The van der Waals surface area contributed by atoms with E-state index in [4.69, 9.17) is 9.47 Å². The summed E-state index contributed by atoms with van der Waals surface area (Å²) >= 11 is 0. The Hall–Kier alpha value is -1.26. The van der Waals surface area contributed by atoms with Crippen LogP contribution in [0.3, 0.4) is 0 Å². The Kier molecular flexibility index (Phi) is 12.5. The second kappa shape index (κ2) is 13.2. The zero-order valence-corrected chi connectivity index (χ0v) is 15.4. The van der Waals surface area contributed by atoms with Gasteiger partial charge in [-0.3, -0.25) is 4.79 Å². The third-order valence-corrected chi connectivity index (χ3v) is 3.22. The molecule has 0 radical (unpaired) electrons. The molecule has 0 fully saturated rings. The summed E-state index contributed by atoms with van der Waals surface area (Å²) in [5, 5.41) is 2.72. The number of nitrogens with one attached hydrogen (secondary N) is 1. The van der Waals surface area contributed by atoms with Crippen LogP contribution in [0.25, 0.3) is 0 Å². The van der Waals surface area contributed by atoms with E-state index in [1.54, 1.807) is 0 Å². The summed E-state index contributed by atoms with van der Waals surface area (Å²) in [5.74, 6) is -0.112. The number of esters is 1. The Morgan fingerprint density at radius 1 is 0.913 bits per heavy atom. The SMILES string of the molecule is CCCCCCOC(=O)CCCCCNC(=O)OCC(C)(C)C. The van der Waals surface area contributed by atoms with Crippen LogP contribution in [-0.2, 0) is 14.3 Å². The van der Waals surface area contributed by atoms with Crippen LogP contribution in [0.4, 0.5) is 4.79 Å². The first kappa shape index (κ1) is 21.7. The van der Waals surface area contributed by atoms with Crippen LogP contribution in [0.2, 0.25) is 0 Å². The summed E-state index contributed by atoms with van der Waals surface area (Å²) in [4.78, 5) is 22.9. The van der Waals surface area contributed by atoms with Crippen molar-refractivity contribution in [2.45, 2.75) is 79.1 Å². The summed E-state index contributed by atoms with van der Waals surface area (Å²) in [6, 6.07) is 0. The summed E-state index contributed by atoms with van der Waals surface area (Å²) in [5.41, 5.74) is -0.0196. The number of carbonyl (C=O) groups excluding carboxylic acids is 2. The van der Waals surface area contributed by atoms with Crippen molar-refractivity contribution in [3.05, 3.63) is 0 Å². The molecule has 0 bridgehead atoms. The minimum Gasteiger partial charge on any atom is -0.466 e. The van der Waals surface area contributed by atoms with Gasteiger partial charge in [-0.1, -0.05) is 53.4 Å². The highest BCUT2D eigenvalue weighted by molar-refractivity contribution is 5.69. The molecule has 1 N–H and O–H groups in total. The van der Waals surface area contributed by atoms with Crippen LogP contribution in [-0.4, -0.2) is 31.8 Å². The molecular weight excluding hydrogens is 294 g/mol. The fraction of sp³-hybridized carbons (Fsp3) is 0.889. The van der Waals surface area contributed by atoms with Crippen LogP contribution in [0.15, 0.2) is 0 Å². The van der Waals surface area contributed by atoms with Crippen LogP contribution in [0.1, 0.15) is 79.1 Å². The summed E-state index contributed by atoms with van der Waals surface area (Å²) in [7, 11) is 0. The first-order valence-corrected chi connectivity index (χ1v) is 8.91. The van der Waals surface area contributed by atoms with Crippen LogP contribution >= 0.6 is 0 Å². The van der Waals surface area contributed by atoms with Gasteiger partial charge in [0.15, 0.2) is 0 Å². The number of hydrogen-bond acceptors (Lipinski definition) is 4. The third kappa shape index (κ3) is 16.9. The fourth-order valence-corrected chi connectivity index (χ4v) is 1.88. The minimum absolute atomic E-state index is 0.0196. The van der Waals surface area contributed by atoms with Gasteiger partial charge in [-0.2, -0.15) is 0 Å². The fourth-order valence-electron chi connectivity index (χ4n) is 1.88. The maximum atomic E-state index is 11.5. The maximum absolute atomic E-state index is 11.5. The van der Waals surface area contributed by atoms with E-state index < -0.39 is 0 Å². The van der Waals surface area contributed by atoms with Gasteiger partial charge < -0.3 is 14.8 Å². The molecule has 0 atom stereocenters. The maximum Gasteiger partial charge on any atom is 0.407 e. The van der Waals surface area contributed by atoms with E-state index in [0.29, 0.717) is 26.2 Å². The molecule has 23 heavy (non-hydrogen) atoms. The first-order valence-electron chi connectivity index (χ1n) is 8.91. The molecule has 0 spiro atoms. The molecule has 1 amide bonds. The molecule has 5 heteroatoms. The quantitative estimate of drug-likeness (QED) is 0.424. The summed E-state index contributed by atoms with van der Waals surface area (Å²) in [6.07, 6.45) is 7.09. The lowest BCUT2D eigenvalue weighted by atomic mass is 9.99. The number of alkyl carbamates (subject to hydrolysis) is 1. The molecule has 0 aliphatic carbocycles. The molecule has 0 aliphatic heterocycles. The third-order valence-electron chi connectivity index (χ3n) is 3.22. The van der Waals surface area contributed by atoms with E-state index in [2.05, 4.69) is 12.2 Å². The molecule has 0 unspecified atom stereocenters. The Labute approximate surface area is 141 Å². The molecule has 0 aliphatic rings. The monoisotopic (exact) mass is 329 g/mol. The van der Waals surface area contributed by atoms with Crippen molar-refractivity contribution in [2.24, 2.45) is 5.41 Å². The van der Waals surface area contributed by atoms with E-state index in [9.17, 15) is 9.59 Å². The number of rotatable bonds is 12. The highest BCUT2D eigenvalue weighted by atomic mass is 16.5. The topological polar surface area (TPSA) is 64.6 Å². The van der Waals surface area contributed by atoms with Crippen molar-refractivity contribution in [1.29, 1.82) is 0 Å². The number of amides is 1. The van der Waals surface area contributed by atoms with E-state index in [-0.39, 0.29) is 17.5 Å². The van der Waals surface area contributed by atoms with Gasteiger partial charge in [0.2, 0.25) is 0 Å². The van der Waals surface area contributed by atoms with Crippen molar-refractivity contribution < 1.29 is 19.1 Å². The summed E-state index contributed by atoms with van der Waals surface area (Å²) < 4.78 is 10.3. The van der Waals surface area contributed by atoms with Crippen molar-refractivity contribution in [3.63, 3.8) is 0 Å². The van der Waals surface area contributed by atoms with Crippen molar-refractivity contribution >= 4 is 12.1 Å². The number of carbonyl (C=O) groups is 2. The normalized spacial score (nSPS) is 11.1. The largest absolute Gasteiger partial charge is 0.466 e. The Morgan fingerprint density at radius 2 is 1.61 bits per heavy atom. The van der Waals surface area contributed by atoms with Crippen molar-refractivity contribution in [1.82, 2.24) is 5.32 Å². The first-order chi connectivity index (χ1) is 10.8. The van der Waals surface area contributed by atoms with Gasteiger partial charge in [0.25, 0.3) is 0 Å². The second-order valence-electron chi connectivity index (χ2n) is 7.16. The van der Waals surface area contributed by atoms with Gasteiger partial charge in [-0.05, 0) is 24.7 Å². The van der Waals surface area contributed by atoms with Crippen molar-refractivity contribution in [3.8, 4) is 0 Å². The highest BCUT2D eigenvalue weighted by Gasteiger charge is 2.13. The lowest BCUT2D eigenvalue weighted by Crippen LogP contribution is -2.28. The molecular formula is C18H35NO4. The standard InChI is InChI=1S/C18H35NO4/c1-5-6-7-11-14-22-16(20)12-9-8-10-13-19-17(21)23-15-18(2,3)4/h5-15H2,1-4H3,(H,19,21). The molecule has 0 rings (SSSR count). The van der Waals surface area contributed by atoms with Crippen LogP contribution in [0, 0.1) is 5.41 Å². The molecule has 0 heterocycles. The number of unbranched alkanes of at least 4 members (excludes halogenated alkanes) is 5. The predicted octanol–water partition coefficient (Wildman–Crippen LogP) is 4.44. The van der Waals surface area contributed by atoms with E-state index in [0.717, 1.165) is 32.1 Å². The lowest BCUT2D eigenvalue weighted by Gasteiger charge is -2.17. The van der Waals surface area contributed by atoms with Gasteiger partial charge in [0.1, 0.15) is 0 Å². The van der Waals surface area contributed by atoms with E-state index >= 15 is 0 Å². The molecule has 136 valence electrons. The van der Waals surface area contributed by atoms with Crippen molar-refractivity contribution in [2.75, 3.05) is 19.8 Å². The molecule has 5 nitrogen and oxygen atoms in total. The van der Waals surface area contributed by atoms with Crippen LogP contribution < -0.4 is 5.32 Å². The molecule has 0 aromatic heterocycles. The average molecular weight is 329 g/mol. The second-order valence-corrected chi connectivity index (χ2v) is 7.16. The Balaban J connectivity index is 3.38. The van der Waals surface area contributed by atoms with E-state index in [1.807, 2.05) is 20.8 Å². The van der Waals surface area contributed by atoms with Crippen LogP contribution in [0.5, 0.6) is 0 Å². The smallest absolute Gasteiger partial charge is 0.407 e. The van der Waals surface area contributed by atoms with Gasteiger partial charge in [-0.25, -0.2) is 4.79 Å². The number of ether oxygens (including phenoxy) is 2. The van der Waals surface area contributed by atoms with Gasteiger partial charge >= 0.3 is 12.1 Å². The zero-order valence-electron chi connectivity index (χ0n) is 15.4. The molecule has 0 saturated heterocycles. The zero-order chi connectivity index (χ0) is 17.6. The number of hydrogen-bond donors (Lipinski definition) is 1. The molecule has 0 aromatic carbocycles. The summed E-state index contributed by atoms with van der Waals surface area (Å²) in [6.45, 7) is 9.73. The highest BCUT2D eigenvalue weighted by Crippen LogP contribution is 2.12. The predicted molar refractivity (Wildman–Crippen MR) is 92.4 cm³/mol. The van der Waals surface area contributed by atoms with E-state index in [1.165, 1.54) is 12.8 Å².